The molecule has 4 heterocycles. The predicted octanol–water partition coefficient (Wildman–Crippen LogP) is 3.06. The summed E-state index contributed by atoms with van der Waals surface area (Å²) in [7, 11) is 1.97. The molecule has 3 aromatic rings. The number of H-pyrrole nitrogens is 2. The molecule has 1 atom stereocenters. The highest BCUT2D eigenvalue weighted by atomic mass is 15.3. The van der Waals surface area contributed by atoms with Crippen LogP contribution in [-0.4, -0.2) is 41.4 Å². The van der Waals surface area contributed by atoms with Crippen LogP contribution in [0, 0.1) is 0 Å². The molecule has 0 amide bonds. The molecule has 2 aliphatic rings. The number of rotatable bonds is 4. The summed E-state index contributed by atoms with van der Waals surface area (Å²) < 4.78 is 1.87. The third-order valence-electron chi connectivity index (χ3n) is 6.20. The van der Waals surface area contributed by atoms with E-state index in [1.54, 1.807) is 0 Å². The number of hydrogen-bond donors (Lipinski definition) is 2. The predicted molar refractivity (Wildman–Crippen MR) is 102 cm³/mol. The maximum Gasteiger partial charge on any atom is 0.0926 e. The molecule has 2 N–H and O–H groups in total. The molecule has 1 aliphatic heterocycles. The summed E-state index contributed by atoms with van der Waals surface area (Å²) in [6.07, 6.45) is 15.5. The van der Waals surface area contributed by atoms with Crippen molar-refractivity contribution >= 4 is 0 Å². The zero-order valence-corrected chi connectivity index (χ0v) is 15.9. The van der Waals surface area contributed by atoms with Crippen molar-refractivity contribution in [1.82, 2.24) is 34.8 Å². The molecule has 3 aromatic heterocycles. The average Bonchev–Trinajstić information content (AvgIpc) is 3.43. The first kappa shape index (κ1) is 16.7. The Morgan fingerprint density at radius 3 is 2.89 bits per heavy atom. The zero-order chi connectivity index (χ0) is 18.2. The first-order chi connectivity index (χ1) is 13.3. The van der Waals surface area contributed by atoms with Gasteiger partial charge in [-0.15, -0.1) is 0 Å². The Labute approximate surface area is 159 Å². The number of aromatic amines is 2. The zero-order valence-electron chi connectivity index (χ0n) is 15.9. The Morgan fingerprint density at radius 1 is 1.19 bits per heavy atom. The molecule has 1 saturated carbocycles. The standard InChI is InChI=1S/C20H27N7/c1-26-11-16(10-24-26)20-19-17(21-13-22-19)7-8-27(20)12-15-9-23-25-18(15)14-5-3-2-4-6-14/h9-11,13-14,20H,2-8,12H2,1H3,(H,21,22)(H,23,25). The molecule has 1 aliphatic carbocycles. The minimum absolute atomic E-state index is 0.141. The van der Waals surface area contributed by atoms with E-state index >= 15 is 0 Å². The lowest BCUT2D eigenvalue weighted by Gasteiger charge is -2.34. The van der Waals surface area contributed by atoms with Crippen LogP contribution < -0.4 is 0 Å². The monoisotopic (exact) mass is 365 g/mol. The van der Waals surface area contributed by atoms with E-state index in [9.17, 15) is 0 Å². The Hall–Kier alpha value is -2.41. The van der Waals surface area contributed by atoms with Crippen molar-refractivity contribution in [2.45, 2.75) is 57.0 Å². The first-order valence-corrected chi connectivity index (χ1v) is 10.1. The Bertz CT molecular complexity index is 899. The van der Waals surface area contributed by atoms with E-state index in [1.807, 2.05) is 30.5 Å². The molecule has 1 fully saturated rings. The number of aryl methyl sites for hydroxylation is 1. The van der Waals surface area contributed by atoms with E-state index in [0.717, 1.165) is 25.2 Å². The second-order valence-electron chi connectivity index (χ2n) is 7.98. The van der Waals surface area contributed by atoms with Gasteiger partial charge in [0.2, 0.25) is 0 Å². The number of imidazole rings is 1. The van der Waals surface area contributed by atoms with Gasteiger partial charge >= 0.3 is 0 Å². The molecule has 7 nitrogen and oxygen atoms in total. The van der Waals surface area contributed by atoms with E-state index in [4.69, 9.17) is 0 Å². The summed E-state index contributed by atoms with van der Waals surface area (Å²) in [6, 6.07) is 0.141. The topological polar surface area (TPSA) is 78.4 Å². The number of hydrogen-bond acceptors (Lipinski definition) is 4. The summed E-state index contributed by atoms with van der Waals surface area (Å²) in [6.45, 7) is 1.90. The van der Waals surface area contributed by atoms with Gasteiger partial charge < -0.3 is 4.98 Å². The van der Waals surface area contributed by atoms with Gasteiger partial charge in [-0.3, -0.25) is 14.7 Å². The molecule has 27 heavy (non-hydrogen) atoms. The summed E-state index contributed by atoms with van der Waals surface area (Å²) >= 11 is 0. The van der Waals surface area contributed by atoms with Gasteiger partial charge in [0, 0.05) is 61.2 Å². The van der Waals surface area contributed by atoms with Crippen LogP contribution in [0.15, 0.2) is 24.9 Å². The molecule has 1 unspecified atom stereocenters. The van der Waals surface area contributed by atoms with E-state index in [2.05, 4.69) is 36.4 Å². The molecular formula is C20H27N7. The van der Waals surface area contributed by atoms with Crippen LogP contribution in [-0.2, 0) is 20.0 Å². The van der Waals surface area contributed by atoms with Gasteiger partial charge in [0.1, 0.15) is 0 Å². The fourth-order valence-corrected chi connectivity index (χ4v) is 4.86. The smallest absolute Gasteiger partial charge is 0.0926 e. The van der Waals surface area contributed by atoms with Crippen LogP contribution in [0.25, 0.3) is 0 Å². The third kappa shape index (κ3) is 3.10. The van der Waals surface area contributed by atoms with Crippen LogP contribution in [0.5, 0.6) is 0 Å². The molecule has 0 radical (unpaired) electrons. The van der Waals surface area contributed by atoms with Gasteiger partial charge in [0.25, 0.3) is 0 Å². The number of aromatic nitrogens is 6. The highest BCUT2D eigenvalue weighted by Gasteiger charge is 2.33. The molecule has 5 rings (SSSR count). The average molecular weight is 365 g/mol. The molecule has 0 aromatic carbocycles. The fraction of sp³-hybridized carbons (Fsp3) is 0.550. The SMILES string of the molecule is Cn1cc(C2c3nc[nH]c3CCN2Cc2cn[nH]c2C2CCCCC2)cn1. The second kappa shape index (κ2) is 6.96. The van der Waals surface area contributed by atoms with Gasteiger partial charge in [-0.05, 0) is 12.8 Å². The number of nitrogens with zero attached hydrogens (tertiary/aromatic N) is 5. The molecule has 142 valence electrons. The quantitative estimate of drug-likeness (QED) is 0.745. The lowest BCUT2D eigenvalue weighted by atomic mass is 9.85. The molecule has 0 saturated heterocycles. The van der Waals surface area contributed by atoms with Gasteiger partial charge in [-0.1, -0.05) is 19.3 Å². The number of nitrogens with one attached hydrogen (secondary N) is 2. The highest BCUT2D eigenvalue weighted by Crippen LogP contribution is 2.37. The van der Waals surface area contributed by atoms with Gasteiger partial charge in [0.15, 0.2) is 0 Å². The van der Waals surface area contributed by atoms with Crippen molar-refractivity contribution in [2.24, 2.45) is 7.05 Å². The maximum absolute atomic E-state index is 4.66. The van der Waals surface area contributed by atoms with Crippen LogP contribution in [0.3, 0.4) is 0 Å². The summed E-state index contributed by atoms with van der Waals surface area (Å²) in [5, 5.41) is 12.1. The number of fused-ring (bicyclic) bond motifs is 1. The summed E-state index contributed by atoms with van der Waals surface area (Å²) in [5.74, 6) is 0.638. The minimum Gasteiger partial charge on any atom is -0.348 e. The fourth-order valence-electron chi connectivity index (χ4n) is 4.86. The Kier molecular flexibility index (Phi) is 4.32. The van der Waals surface area contributed by atoms with E-state index < -0.39 is 0 Å². The molecule has 0 bridgehead atoms. The third-order valence-corrected chi connectivity index (χ3v) is 6.20. The van der Waals surface area contributed by atoms with Crippen LogP contribution in [0.2, 0.25) is 0 Å². The Balaban J connectivity index is 1.45. The van der Waals surface area contributed by atoms with E-state index in [0.29, 0.717) is 5.92 Å². The van der Waals surface area contributed by atoms with E-state index in [-0.39, 0.29) is 6.04 Å². The van der Waals surface area contributed by atoms with Crippen molar-refractivity contribution in [2.75, 3.05) is 6.54 Å². The lowest BCUT2D eigenvalue weighted by molar-refractivity contribution is 0.199. The summed E-state index contributed by atoms with van der Waals surface area (Å²) in [5.41, 5.74) is 6.28. The van der Waals surface area contributed by atoms with Crippen molar-refractivity contribution in [3.8, 4) is 0 Å². The Morgan fingerprint density at radius 2 is 2.07 bits per heavy atom. The first-order valence-electron chi connectivity index (χ1n) is 10.1. The van der Waals surface area contributed by atoms with Crippen molar-refractivity contribution in [1.29, 1.82) is 0 Å². The van der Waals surface area contributed by atoms with Crippen LogP contribution >= 0.6 is 0 Å². The van der Waals surface area contributed by atoms with Crippen LogP contribution in [0.1, 0.15) is 72.3 Å². The van der Waals surface area contributed by atoms with Crippen molar-refractivity contribution in [3.05, 3.63) is 53.1 Å². The molecule has 0 spiro atoms. The summed E-state index contributed by atoms with van der Waals surface area (Å²) in [4.78, 5) is 10.5. The maximum atomic E-state index is 4.66. The van der Waals surface area contributed by atoms with Gasteiger partial charge in [0.05, 0.1) is 30.5 Å². The van der Waals surface area contributed by atoms with Crippen molar-refractivity contribution < 1.29 is 0 Å². The lowest BCUT2D eigenvalue weighted by Crippen LogP contribution is -2.36. The van der Waals surface area contributed by atoms with Gasteiger partial charge in [-0.25, -0.2) is 4.98 Å². The van der Waals surface area contributed by atoms with Crippen LogP contribution in [0.4, 0.5) is 0 Å². The molecule has 7 heteroatoms. The largest absolute Gasteiger partial charge is 0.348 e. The molecular weight excluding hydrogens is 338 g/mol. The minimum atomic E-state index is 0.141. The van der Waals surface area contributed by atoms with E-state index in [1.165, 1.54) is 54.6 Å². The highest BCUT2D eigenvalue weighted by molar-refractivity contribution is 5.31. The van der Waals surface area contributed by atoms with Gasteiger partial charge in [-0.2, -0.15) is 10.2 Å². The normalized spacial score (nSPS) is 21.4. The second-order valence-corrected chi connectivity index (χ2v) is 7.98. The van der Waals surface area contributed by atoms with Crippen molar-refractivity contribution in [3.63, 3.8) is 0 Å².